The number of nitrogens with zero attached hydrogens (tertiary/aromatic N) is 7. The zero-order valence-corrected chi connectivity index (χ0v) is 9.35. The van der Waals surface area contributed by atoms with Crippen molar-refractivity contribution in [2.45, 2.75) is 20.0 Å². The van der Waals surface area contributed by atoms with Gasteiger partial charge in [0, 0.05) is 12.4 Å². The third-order valence-corrected chi connectivity index (χ3v) is 2.45. The monoisotopic (exact) mass is 229 g/mol. The lowest BCUT2D eigenvalue weighted by Gasteiger charge is -1.98. The van der Waals surface area contributed by atoms with Gasteiger partial charge in [-0.1, -0.05) is 0 Å². The largest absolute Gasteiger partial charge is 0.308 e. The minimum Gasteiger partial charge on any atom is -0.308 e. The van der Waals surface area contributed by atoms with E-state index in [1.54, 1.807) is 29.7 Å². The number of aryl methyl sites for hydroxylation is 1. The highest BCUT2D eigenvalue weighted by Gasteiger charge is 2.06. The molecule has 3 heterocycles. The topological polar surface area (TPSA) is 74.3 Å². The molecule has 3 rings (SSSR count). The van der Waals surface area contributed by atoms with E-state index in [9.17, 15) is 0 Å². The highest BCUT2D eigenvalue weighted by Crippen LogP contribution is 2.07. The molecule has 17 heavy (non-hydrogen) atoms. The Hall–Kier alpha value is -2.31. The summed E-state index contributed by atoms with van der Waals surface area (Å²) < 4.78 is 1.91. The number of fused-ring (bicyclic) bond motifs is 1. The van der Waals surface area contributed by atoms with Gasteiger partial charge in [-0.05, 0) is 6.92 Å². The van der Waals surface area contributed by atoms with E-state index < -0.39 is 0 Å². The molecular formula is C10H11N7. The maximum Gasteiger partial charge on any atom is 0.197 e. The summed E-state index contributed by atoms with van der Waals surface area (Å²) in [6.45, 7) is 3.38. The summed E-state index contributed by atoms with van der Waals surface area (Å²) >= 11 is 0. The lowest BCUT2D eigenvalue weighted by Crippen LogP contribution is -2.02. The van der Waals surface area contributed by atoms with Crippen molar-refractivity contribution in [2.75, 3.05) is 0 Å². The van der Waals surface area contributed by atoms with Crippen molar-refractivity contribution in [3.8, 4) is 0 Å². The van der Waals surface area contributed by atoms with Crippen LogP contribution in [-0.2, 0) is 13.1 Å². The second kappa shape index (κ2) is 3.93. The Balaban J connectivity index is 1.94. The molecule has 7 nitrogen and oxygen atoms in total. The first-order chi connectivity index (χ1) is 8.36. The molecule has 0 aromatic carbocycles. The Kier molecular flexibility index (Phi) is 2.28. The van der Waals surface area contributed by atoms with Crippen LogP contribution < -0.4 is 0 Å². The van der Waals surface area contributed by atoms with Crippen LogP contribution >= 0.6 is 0 Å². The van der Waals surface area contributed by atoms with Crippen LogP contribution in [-0.4, -0.2) is 34.5 Å². The molecule has 0 N–H and O–H groups in total. The van der Waals surface area contributed by atoms with Gasteiger partial charge in [-0.3, -0.25) is 0 Å². The van der Waals surface area contributed by atoms with E-state index in [4.69, 9.17) is 0 Å². The van der Waals surface area contributed by atoms with Gasteiger partial charge < -0.3 is 4.57 Å². The molecule has 0 amide bonds. The fourth-order valence-corrected chi connectivity index (χ4v) is 1.64. The number of rotatable bonds is 3. The van der Waals surface area contributed by atoms with Crippen LogP contribution in [0.1, 0.15) is 12.6 Å². The summed E-state index contributed by atoms with van der Waals surface area (Å²) in [7, 11) is 0. The van der Waals surface area contributed by atoms with Crippen LogP contribution in [0, 0.1) is 0 Å². The molecule has 0 atom stereocenters. The molecule has 0 radical (unpaired) electrons. The standard InChI is InChI=1S/C10H11N7/c1-2-17-14-5-8(15-17)6-16-7-13-9-10(16)12-4-3-11-9/h3-5,7H,2,6H2,1H3. The van der Waals surface area contributed by atoms with Gasteiger partial charge >= 0.3 is 0 Å². The van der Waals surface area contributed by atoms with Crippen molar-refractivity contribution in [1.29, 1.82) is 0 Å². The first-order valence-corrected chi connectivity index (χ1v) is 5.37. The third-order valence-electron chi connectivity index (χ3n) is 2.45. The zero-order chi connectivity index (χ0) is 11.7. The van der Waals surface area contributed by atoms with Crippen molar-refractivity contribution in [1.82, 2.24) is 34.5 Å². The molecule has 0 bridgehead atoms. The van der Waals surface area contributed by atoms with Crippen molar-refractivity contribution in [3.05, 3.63) is 30.6 Å². The van der Waals surface area contributed by atoms with Gasteiger partial charge in [0.1, 0.15) is 5.69 Å². The second-order valence-corrected chi connectivity index (χ2v) is 3.60. The van der Waals surface area contributed by atoms with Crippen molar-refractivity contribution >= 4 is 11.3 Å². The SMILES string of the molecule is CCn1ncc(Cn2cnc3nccnc32)n1. The molecule has 0 aliphatic heterocycles. The maximum atomic E-state index is 4.32. The van der Waals surface area contributed by atoms with Crippen LogP contribution in [0.5, 0.6) is 0 Å². The Bertz CT molecular complexity index is 639. The molecule has 0 aliphatic carbocycles. The molecule has 0 saturated carbocycles. The predicted molar refractivity (Wildman–Crippen MR) is 60.1 cm³/mol. The molecule has 3 aromatic rings. The Morgan fingerprint density at radius 1 is 1.18 bits per heavy atom. The Morgan fingerprint density at radius 3 is 2.88 bits per heavy atom. The molecule has 0 fully saturated rings. The van der Waals surface area contributed by atoms with E-state index in [1.165, 1.54) is 0 Å². The summed E-state index contributed by atoms with van der Waals surface area (Å²) in [6, 6.07) is 0. The maximum absolute atomic E-state index is 4.32. The average molecular weight is 229 g/mol. The highest BCUT2D eigenvalue weighted by molar-refractivity contribution is 5.64. The minimum atomic E-state index is 0.606. The predicted octanol–water partition coefficient (Wildman–Crippen LogP) is 0.486. The molecule has 0 unspecified atom stereocenters. The lowest BCUT2D eigenvalue weighted by atomic mass is 10.4. The van der Waals surface area contributed by atoms with Gasteiger partial charge in [0.05, 0.1) is 25.6 Å². The van der Waals surface area contributed by atoms with E-state index in [2.05, 4.69) is 25.1 Å². The third kappa shape index (κ3) is 1.75. The quantitative estimate of drug-likeness (QED) is 0.653. The van der Waals surface area contributed by atoms with E-state index >= 15 is 0 Å². The fourth-order valence-electron chi connectivity index (χ4n) is 1.64. The van der Waals surface area contributed by atoms with Crippen LogP contribution in [0.15, 0.2) is 24.9 Å². The molecular weight excluding hydrogens is 218 g/mol. The smallest absolute Gasteiger partial charge is 0.197 e. The number of hydrogen-bond donors (Lipinski definition) is 0. The van der Waals surface area contributed by atoms with Crippen molar-refractivity contribution in [3.63, 3.8) is 0 Å². The lowest BCUT2D eigenvalue weighted by molar-refractivity contribution is 0.561. The number of imidazole rings is 1. The van der Waals surface area contributed by atoms with Gasteiger partial charge in [-0.15, -0.1) is 0 Å². The number of hydrogen-bond acceptors (Lipinski definition) is 5. The second-order valence-electron chi connectivity index (χ2n) is 3.60. The fraction of sp³-hybridized carbons (Fsp3) is 0.300. The van der Waals surface area contributed by atoms with Gasteiger partial charge in [0.25, 0.3) is 0 Å². The average Bonchev–Trinajstić information content (AvgIpc) is 2.97. The van der Waals surface area contributed by atoms with Gasteiger partial charge in [0.15, 0.2) is 11.3 Å². The van der Waals surface area contributed by atoms with Crippen molar-refractivity contribution in [2.24, 2.45) is 0 Å². The van der Waals surface area contributed by atoms with Crippen molar-refractivity contribution < 1.29 is 0 Å². The van der Waals surface area contributed by atoms with E-state index in [-0.39, 0.29) is 0 Å². The van der Waals surface area contributed by atoms with Crippen LogP contribution in [0.2, 0.25) is 0 Å². The molecule has 0 spiro atoms. The summed E-state index contributed by atoms with van der Waals surface area (Å²) in [5, 5.41) is 8.45. The summed E-state index contributed by atoms with van der Waals surface area (Å²) in [5.41, 5.74) is 2.30. The van der Waals surface area contributed by atoms with Gasteiger partial charge in [-0.25, -0.2) is 15.0 Å². The van der Waals surface area contributed by atoms with Crippen LogP contribution in [0.3, 0.4) is 0 Å². The molecule has 86 valence electrons. The Morgan fingerprint density at radius 2 is 2.06 bits per heavy atom. The van der Waals surface area contributed by atoms with Gasteiger partial charge in [0.2, 0.25) is 0 Å². The van der Waals surface area contributed by atoms with Crippen LogP contribution in [0.25, 0.3) is 11.3 Å². The first-order valence-electron chi connectivity index (χ1n) is 5.37. The molecule has 0 saturated heterocycles. The van der Waals surface area contributed by atoms with E-state index in [1.807, 2.05) is 11.5 Å². The van der Waals surface area contributed by atoms with Gasteiger partial charge in [-0.2, -0.15) is 15.0 Å². The summed E-state index contributed by atoms with van der Waals surface area (Å²) in [6.07, 6.45) is 6.76. The molecule has 3 aromatic heterocycles. The molecule has 0 aliphatic rings. The van der Waals surface area contributed by atoms with E-state index in [0.29, 0.717) is 12.2 Å². The summed E-state index contributed by atoms with van der Waals surface area (Å²) in [4.78, 5) is 14.2. The minimum absolute atomic E-state index is 0.606. The summed E-state index contributed by atoms with van der Waals surface area (Å²) in [5.74, 6) is 0. The van der Waals surface area contributed by atoms with Crippen LogP contribution in [0.4, 0.5) is 0 Å². The Labute approximate surface area is 97.1 Å². The number of aromatic nitrogens is 7. The first kappa shape index (κ1) is 9.88. The zero-order valence-electron chi connectivity index (χ0n) is 9.35. The highest BCUT2D eigenvalue weighted by atomic mass is 15.5. The van der Waals surface area contributed by atoms with E-state index in [0.717, 1.165) is 17.9 Å². The molecule has 7 heteroatoms. The normalized spacial score (nSPS) is 11.1.